The molecule has 0 spiro atoms. The highest BCUT2D eigenvalue weighted by Crippen LogP contribution is 2.45. The van der Waals surface area contributed by atoms with Gasteiger partial charge in [-0.1, -0.05) is 119 Å². The molecular formula is C53H71N7O7+2. The van der Waals surface area contributed by atoms with Crippen molar-refractivity contribution in [3.8, 4) is 22.6 Å². The molecule has 0 saturated heterocycles. The Morgan fingerprint density at radius 1 is 0.612 bits per heavy atom. The molecule has 0 aliphatic rings. The van der Waals surface area contributed by atoms with Gasteiger partial charge in [0.1, 0.15) is 29.6 Å². The van der Waals surface area contributed by atoms with Gasteiger partial charge >= 0.3 is 11.9 Å². The Hall–Kier alpha value is -6.67. The number of hydrogen-bond donors (Lipinski definition) is 7. The molecule has 0 aromatic heterocycles. The Morgan fingerprint density at radius 2 is 1.18 bits per heavy atom. The Morgan fingerprint density at radius 3 is 1.78 bits per heavy atom. The average molecular weight is 918 g/mol. The van der Waals surface area contributed by atoms with Gasteiger partial charge in [-0.3, -0.25) is 30.8 Å². The third kappa shape index (κ3) is 16.0. The molecule has 5 rings (SSSR count). The van der Waals surface area contributed by atoms with Crippen molar-refractivity contribution in [1.29, 1.82) is 0 Å². The van der Waals surface area contributed by atoms with E-state index in [0.717, 1.165) is 51.1 Å². The van der Waals surface area contributed by atoms with Gasteiger partial charge in [-0.15, -0.1) is 0 Å². The monoisotopic (exact) mass is 918 g/mol. The second-order valence-electron chi connectivity index (χ2n) is 17.8. The minimum absolute atomic E-state index is 0.0269. The normalized spacial score (nSPS) is 12.6. The number of rotatable bonds is 27. The highest BCUT2D eigenvalue weighted by atomic mass is 16.5. The largest absolute Gasteiger partial charge is 0.493 e. The molecule has 358 valence electrons. The molecule has 14 heteroatoms. The number of benzene rings is 5. The van der Waals surface area contributed by atoms with Crippen molar-refractivity contribution in [2.75, 3.05) is 32.9 Å². The van der Waals surface area contributed by atoms with Crippen LogP contribution in [0.4, 0.5) is 0 Å². The Balaban J connectivity index is 1.36. The van der Waals surface area contributed by atoms with Gasteiger partial charge in [0, 0.05) is 17.5 Å². The molecule has 0 unspecified atom stereocenters. The predicted octanol–water partition coefficient (Wildman–Crippen LogP) is 4.30. The summed E-state index contributed by atoms with van der Waals surface area (Å²) in [6.07, 6.45) is 3.91. The van der Waals surface area contributed by atoms with Crippen LogP contribution in [0.3, 0.4) is 0 Å². The lowest BCUT2D eigenvalue weighted by Gasteiger charge is -2.26. The van der Waals surface area contributed by atoms with Crippen molar-refractivity contribution >= 4 is 51.2 Å². The molecular weight excluding hydrogens is 847 g/mol. The smallest absolute Gasteiger partial charge is 0.338 e. The van der Waals surface area contributed by atoms with E-state index in [1.165, 1.54) is 0 Å². The third-order valence-electron chi connectivity index (χ3n) is 11.4. The quantitative estimate of drug-likeness (QED) is 0.0172. The average Bonchev–Trinajstić information content (AvgIpc) is 3.31. The molecule has 3 atom stereocenters. The highest BCUT2D eigenvalue weighted by molar-refractivity contribution is 6.10. The zero-order valence-electron chi connectivity index (χ0n) is 39.6. The zero-order valence-corrected chi connectivity index (χ0v) is 39.6. The first-order valence-electron chi connectivity index (χ1n) is 23.7. The molecule has 0 heterocycles. The summed E-state index contributed by atoms with van der Waals surface area (Å²) in [5.74, 6) is -0.464. The van der Waals surface area contributed by atoms with Crippen LogP contribution in [0.15, 0.2) is 103 Å². The van der Waals surface area contributed by atoms with Crippen LogP contribution < -0.4 is 47.6 Å². The summed E-state index contributed by atoms with van der Waals surface area (Å²) < 4.78 is 18.5. The first kappa shape index (κ1) is 51.3. The predicted molar refractivity (Wildman–Crippen MR) is 264 cm³/mol. The SMILES string of the molecule is CC(C)CCOc1ccc2ccccc2c1-c1c(OCC(=O)N[C@H](CCCC[NH3+])C(=O)N[C@H](CCC[NH+]=C(N)N)C(=O)N[C@@H](CC(C)C)C(=O)OCCc2ccccc2)ccc2ccccc12. The van der Waals surface area contributed by atoms with Crippen LogP contribution in [-0.2, 0) is 30.3 Å². The molecule has 5 aromatic rings. The van der Waals surface area contributed by atoms with Crippen LogP contribution in [-0.4, -0.2) is 80.7 Å². The van der Waals surface area contributed by atoms with Crippen LogP contribution in [0.1, 0.15) is 78.2 Å². The number of carbonyl (C=O) groups excluding carboxylic acids is 4. The number of amides is 3. The number of esters is 1. The lowest BCUT2D eigenvalue weighted by Crippen LogP contribution is -2.78. The van der Waals surface area contributed by atoms with E-state index in [0.29, 0.717) is 69.2 Å². The van der Waals surface area contributed by atoms with E-state index in [1.54, 1.807) is 0 Å². The maximum absolute atomic E-state index is 14.2. The third-order valence-corrected chi connectivity index (χ3v) is 11.4. The molecule has 0 bridgehead atoms. The minimum atomic E-state index is -1.07. The Labute approximate surface area is 394 Å². The van der Waals surface area contributed by atoms with E-state index in [1.807, 2.05) is 98.8 Å². The summed E-state index contributed by atoms with van der Waals surface area (Å²) in [6, 6.07) is 30.6. The second kappa shape index (κ2) is 26.5. The molecule has 0 saturated carbocycles. The summed E-state index contributed by atoms with van der Waals surface area (Å²) in [4.78, 5) is 58.5. The fraction of sp³-hybridized carbons (Fsp3) is 0.415. The fourth-order valence-electron chi connectivity index (χ4n) is 7.89. The van der Waals surface area contributed by atoms with Crippen molar-refractivity contribution in [3.05, 3.63) is 109 Å². The maximum atomic E-state index is 14.2. The molecule has 3 amide bonds. The second-order valence-corrected chi connectivity index (χ2v) is 17.8. The lowest BCUT2D eigenvalue weighted by atomic mass is 9.92. The van der Waals surface area contributed by atoms with Gasteiger partial charge < -0.3 is 35.9 Å². The summed E-state index contributed by atoms with van der Waals surface area (Å²) in [5, 5.41) is 12.6. The Bertz CT molecular complexity index is 2420. The molecule has 0 radical (unpaired) electrons. The number of ether oxygens (including phenoxy) is 3. The van der Waals surface area contributed by atoms with E-state index in [-0.39, 0.29) is 24.9 Å². The van der Waals surface area contributed by atoms with Gasteiger partial charge in [0.25, 0.3) is 5.91 Å². The first-order chi connectivity index (χ1) is 32.3. The summed E-state index contributed by atoms with van der Waals surface area (Å²) >= 11 is 0. The van der Waals surface area contributed by atoms with Gasteiger partial charge in [0.2, 0.25) is 11.8 Å². The van der Waals surface area contributed by atoms with Crippen LogP contribution in [0.25, 0.3) is 32.7 Å². The summed E-state index contributed by atoms with van der Waals surface area (Å²) in [5.41, 5.74) is 17.9. The number of nitrogens with one attached hydrogen (secondary N) is 4. The number of unbranched alkanes of at least 4 members (excludes halogenated alkanes) is 1. The molecule has 5 aromatic carbocycles. The van der Waals surface area contributed by atoms with Gasteiger partial charge in [-0.05, 0) is 96.0 Å². The fourth-order valence-corrected chi connectivity index (χ4v) is 7.89. The van der Waals surface area contributed by atoms with Crippen LogP contribution in [0, 0.1) is 11.8 Å². The number of carbonyl (C=O) groups is 4. The van der Waals surface area contributed by atoms with Crippen molar-refractivity contribution in [2.24, 2.45) is 23.3 Å². The van der Waals surface area contributed by atoms with Crippen LogP contribution in [0.5, 0.6) is 11.5 Å². The minimum Gasteiger partial charge on any atom is -0.493 e. The van der Waals surface area contributed by atoms with Gasteiger partial charge in [-0.25, -0.2) is 4.79 Å². The number of guanidine groups is 1. The molecule has 11 N–H and O–H groups in total. The van der Waals surface area contributed by atoms with E-state index in [4.69, 9.17) is 25.7 Å². The molecule has 67 heavy (non-hydrogen) atoms. The molecule has 0 aliphatic carbocycles. The van der Waals surface area contributed by atoms with Gasteiger partial charge in [-0.2, -0.15) is 0 Å². The van der Waals surface area contributed by atoms with Crippen molar-refractivity contribution in [2.45, 2.75) is 97.2 Å². The Kier molecular flexibility index (Phi) is 20.3. The number of fused-ring (bicyclic) bond motifs is 2. The molecule has 0 aliphatic heterocycles. The summed E-state index contributed by atoms with van der Waals surface area (Å²) in [7, 11) is 0. The summed E-state index contributed by atoms with van der Waals surface area (Å²) in [6.45, 7) is 9.48. The van der Waals surface area contributed by atoms with Gasteiger partial charge in [0.05, 0.1) is 26.3 Å². The maximum Gasteiger partial charge on any atom is 0.338 e. The lowest BCUT2D eigenvalue weighted by molar-refractivity contribution is -0.459. The van der Waals surface area contributed by atoms with Crippen molar-refractivity contribution in [1.82, 2.24) is 16.0 Å². The highest BCUT2D eigenvalue weighted by Gasteiger charge is 2.31. The number of nitrogens with two attached hydrogens (primary N) is 2. The van der Waals surface area contributed by atoms with E-state index < -0.39 is 48.4 Å². The van der Waals surface area contributed by atoms with Crippen LogP contribution in [0.2, 0.25) is 0 Å². The van der Waals surface area contributed by atoms with Crippen molar-refractivity contribution in [3.63, 3.8) is 0 Å². The molecule has 0 fully saturated rings. The standard InChI is InChI=1S/C53H69N7O7/c1-35(2)27-31-65-45-25-23-38-17-8-10-19-40(38)48(45)49-41-20-11-9-18-39(41)24-26-46(49)67-34-47(61)58-42(21-12-13-29-54)50(62)59-43(22-14-30-57-53(55)56)51(63)60-44(33-36(3)4)52(64)66-32-28-37-15-6-5-7-16-37/h5-11,15-20,23-26,35-36,42-44H,12-14,21-22,27-34,54H2,1-4H3,(H,58,61)(H,59,62)(H,60,63)(H4,55,56,57)/p+2/t42-,43-,44+/m1/s1. The van der Waals surface area contributed by atoms with Gasteiger partial charge in [0.15, 0.2) is 6.61 Å². The van der Waals surface area contributed by atoms with Crippen molar-refractivity contribution < 1.29 is 44.1 Å². The zero-order chi connectivity index (χ0) is 48.1. The van der Waals surface area contributed by atoms with Crippen LogP contribution >= 0.6 is 0 Å². The van der Waals surface area contributed by atoms with E-state index in [9.17, 15) is 19.2 Å². The molecule has 14 nitrogen and oxygen atoms in total. The van der Waals surface area contributed by atoms with E-state index in [2.05, 4.69) is 58.7 Å². The number of quaternary nitrogens is 1. The van der Waals surface area contributed by atoms with E-state index >= 15 is 0 Å². The topological polar surface area (TPSA) is 226 Å². The number of hydrogen-bond acceptors (Lipinski definition) is 7. The first-order valence-corrected chi connectivity index (χ1v) is 23.7.